The number of ether oxygens (including phenoxy) is 2. The lowest BCUT2D eigenvalue weighted by atomic mass is 9.96. The largest absolute Gasteiger partial charge is 0.486 e. The van der Waals surface area contributed by atoms with Gasteiger partial charge >= 0.3 is 5.97 Å². The molecule has 3 heterocycles. The molecule has 2 atom stereocenters. The first-order chi connectivity index (χ1) is 19.3. The Morgan fingerprint density at radius 1 is 1.10 bits per heavy atom. The molecule has 0 saturated carbocycles. The van der Waals surface area contributed by atoms with E-state index in [0.29, 0.717) is 18.7 Å². The Balaban J connectivity index is 1.17. The number of rotatable bonds is 9. The number of carbonyl (C=O) groups is 1. The summed E-state index contributed by atoms with van der Waals surface area (Å²) in [6.07, 6.45) is 1.95. The van der Waals surface area contributed by atoms with Crippen LogP contribution in [-0.2, 0) is 24.4 Å². The molecule has 0 bridgehead atoms. The molecule has 40 heavy (non-hydrogen) atoms. The Bertz CT molecular complexity index is 1570. The predicted molar refractivity (Wildman–Crippen MR) is 146 cm³/mol. The van der Waals surface area contributed by atoms with Crippen LogP contribution in [0.2, 0.25) is 5.02 Å². The number of carboxylic acids is 1. The van der Waals surface area contributed by atoms with Gasteiger partial charge in [0.15, 0.2) is 11.6 Å². The molecule has 0 spiro atoms. The van der Waals surface area contributed by atoms with E-state index in [1.165, 1.54) is 18.2 Å². The summed E-state index contributed by atoms with van der Waals surface area (Å²) in [6.45, 7) is 3.48. The molecular formula is C30H28ClF2N3O4. The fourth-order valence-electron chi connectivity index (χ4n) is 5.42. The molecule has 6 rings (SSSR count). The quantitative estimate of drug-likeness (QED) is 0.266. The van der Waals surface area contributed by atoms with Gasteiger partial charge in [0.25, 0.3) is 0 Å². The monoisotopic (exact) mass is 567 g/mol. The van der Waals surface area contributed by atoms with Crippen LogP contribution in [0.4, 0.5) is 8.78 Å². The molecule has 10 heteroatoms. The van der Waals surface area contributed by atoms with Gasteiger partial charge in [0, 0.05) is 23.7 Å². The Kier molecular flexibility index (Phi) is 7.44. The second-order valence-corrected chi connectivity index (χ2v) is 10.8. The summed E-state index contributed by atoms with van der Waals surface area (Å²) in [5.41, 5.74) is 3.14. The van der Waals surface area contributed by atoms with Crippen LogP contribution in [0.3, 0.4) is 0 Å². The summed E-state index contributed by atoms with van der Waals surface area (Å²) in [5, 5.41) is 9.75. The third-order valence-corrected chi connectivity index (χ3v) is 7.94. The summed E-state index contributed by atoms with van der Waals surface area (Å²) in [4.78, 5) is 18.7. The lowest BCUT2D eigenvalue weighted by Crippen LogP contribution is -2.32. The summed E-state index contributed by atoms with van der Waals surface area (Å²) in [5.74, 6) is -0.886. The van der Waals surface area contributed by atoms with Crippen LogP contribution in [0.25, 0.3) is 11.0 Å². The maximum atomic E-state index is 14.6. The van der Waals surface area contributed by atoms with Gasteiger partial charge in [0.2, 0.25) is 0 Å². The van der Waals surface area contributed by atoms with Crippen molar-refractivity contribution in [2.45, 2.75) is 44.6 Å². The molecule has 0 amide bonds. The maximum absolute atomic E-state index is 14.6. The normalized spacial score (nSPS) is 19.2. The highest BCUT2D eigenvalue weighted by atomic mass is 35.5. The lowest BCUT2D eigenvalue weighted by Gasteiger charge is -2.28. The zero-order valence-corrected chi connectivity index (χ0v) is 22.4. The average molecular weight is 568 g/mol. The van der Waals surface area contributed by atoms with Crippen LogP contribution >= 0.6 is 11.6 Å². The summed E-state index contributed by atoms with van der Waals surface area (Å²) < 4.78 is 42.0. The molecule has 3 aromatic carbocycles. The van der Waals surface area contributed by atoms with Gasteiger partial charge in [-0.05, 0) is 79.4 Å². The van der Waals surface area contributed by atoms with Crippen molar-refractivity contribution in [1.29, 1.82) is 0 Å². The smallest absolute Gasteiger partial charge is 0.335 e. The van der Waals surface area contributed by atoms with Gasteiger partial charge in [-0.15, -0.1) is 0 Å². The minimum atomic E-state index is -0.971. The first kappa shape index (κ1) is 26.7. The van der Waals surface area contributed by atoms with Gasteiger partial charge in [0.1, 0.15) is 18.2 Å². The number of fused-ring (bicyclic) bond motifs is 1. The van der Waals surface area contributed by atoms with Gasteiger partial charge in [-0.3, -0.25) is 4.90 Å². The highest BCUT2D eigenvalue weighted by molar-refractivity contribution is 6.30. The molecule has 2 aliphatic rings. The third kappa shape index (κ3) is 5.54. The van der Waals surface area contributed by atoms with Crippen molar-refractivity contribution in [2.75, 3.05) is 19.7 Å². The number of imidazole rings is 1. The van der Waals surface area contributed by atoms with Crippen LogP contribution in [0, 0.1) is 11.6 Å². The van der Waals surface area contributed by atoms with Gasteiger partial charge in [-0.1, -0.05) is 17.7 Å². The van der Waals surface area contributed by atoms with Crippen molar-refractivity contribution < 1.29 is 28.2 Å². The fraction of sp³-hybridized carbons (Fsp3) is 0.333. The van der Waals surface area contributed by atoms with Gasteiger partial charge < -0.3 is 19.1 Å². The maximum Gasteiger partial charge on any atom is 0.335 e. The number of aromatic nitrogens is 2. The van der Waals surface area contributed by atoms with E-state index in [1.54, 1.807) is 30.3 Å². The Morgan fingerprint density at radius 3 is 2.70 bits per heavy atom. The van der Waals surface area contributed by atoms with Crippen molar-refractivity contribution in [1.82, 2.24) is 14.5 Å². The zero-order chi connectivity index (χ0) is 27.8. The van der Waals surface area contributed by atoms with Crippen molar-refractivity contribution in [3.63, 3.8) is 0 Å². The van der Waals surface area contributed by atoms with E-state index in [0.717, 1.165) is 61.0 Å². The van der Waals surface area contributed by atoms with Crippen LogP contribution in [0.15, 0.2) is 54.6 Å². The number of aromatic carboxylic acids is 1. The number of halogens is 3. The van der Waals surface area contributed by atoms with E-state index in [1.807, 2.05) is 0 Å². The SMILES string of the molecule is O=C(O)c1ccc2nc(CN3CC[C@H](c4ccc(F)c(COc5ccc(Cl)cc5F)c4)C3)n(C[C@@H]3CCO3)c2c1. The molecule has 1 aromatic heterocycles. The number of hydrogen-bond donors (Lipinski definition) is 1. The Morgan fingerprint density at radius 2 is 1.95 bits per heavy atom. The molecule has 0 aliphatic carbocycles. The average Bonchev–Trinajstić information content (AvgIpc) is 3.50. The van der Waals surface area contributed by atoms with Crippen molar-refractivity contribution in [3.05, 3.63) is 93.8 Å². The van der Waals surface area contributed by atoms with Crippen LogP contribution in [0.1, 0.15) is 46.1 Å². The van der Waals surface area contributed by atoms with E-state index >= 15 is 0 Å². The molecule has 4 aromatic rings. The Labute approximate surface area is 234 Å². The van der Waals surface area contributed by atoms with E-state index in [-0.39, 0.29) is 35.0 Å². The molecule has 0 unspecified atom stereocenters. The summed E-state index contributed by atoms with van der Waals surface area (Å²) in [6, 6.07) is 14.2. The first-order valence-corrected chi connectivity index (χ1v) is 13.6. The number of hydrogen-bond acceptors (Lipinski definition) is 5. The van der Waals surface area contributed by atoms with E-state index in [2.05, 4.69) is 9.47 Å². The summed E-state index contributed by atoms with van der Waals surface area (Å²) in [7, 11) is 0. The predicted octanol–water partition coefficient (Wildman–Crippen LogP) is 6.02. The molecule has 7 nitrogen and oxygen atoms in total. The highest BCUT2D eigenvalue weighted by Crippen LogP contribution is 2.31. The fourth-order valence-corrected chi connectivity index (χ4v) is 5.58. The minimum absolute atomic E-state index is 0.0203. The van der Waals surface area contributed by atoms with Crippen molar-refractivity contribution in [3.8, 4) is 5.75 Å². The van der Waals surface area contributed by atoms with E-state index < -0.39 is 17.6 Å². The second kappa shape index (κ2) is 11.2. The number of benzene rings is 3. The van der Waals surface area contributed by atoms with Crippen LogP contribution in [-0.4, -0.2) is 51.3 Å². The summed E-state index contributed by atoms with van der Waals surface area (Å²) >= 11 is 5.80. The Hall–Kier alpha value is -3.53. The van der Waals surface area contributed by atoms with E-state index in [9.17, 15) is 18.7 Å². The zero-order valence-electron chi connectivity index (χ0n) is 21.7. The number of likely N-dealkylation sites (tertiary alicyclic amines) is 1. The molecular weight excluding hydrogens is 540 g/mol. The van der Waals surface area contributed by atoms with Gasteiger partial charge in [-0.25, -0.2) is 18.6 Å². The number of nitrogens with zero attached hydrogens (tertiary/aromatic N) is 3. The molecule has 2 saturated heterocycles. The van der Waals surface area contributed by atoms with Crippen LogP contribution in [0.5, 0.6) is 5.75 Å². The minimum Gasteiger partial charge on any atom is -0.486 e. The number of carboxylic acid groups (broad SMARTS) is 1. The molecule has 0 radical (unpaired) electrons. The molecule has 2 aliphatic heterocycles. The van der Waals surface area contributed by atoms with Crippen molar-refractivity contribution >= 4 is 28.6 Å². The highest BCUT2D eigenvalue weighted by Gasteiger charge is 2.28. The van der Waals surface area contributed by atoms with Gasteiger partial charge in [-0.2, -0.15) is 0 Å². The molecule has 1 N–H and O–H groups in total. The van der Waals surface area contributed by atoms with Gasteiger partial charge in [0.05, 0.1) is 35.8 Å². The lowest BCUT2D eigenvalue weighted by molar-refractivity contribution is -0.0591. The topological polar surface area (TPSA) is 76.8 Å². The van der Waals surface area contributed by atoms with E-state index in [4.69, 9.17) is 26.1 Å². The molecule has 2 fully saturated rings. The third-order valence-electron chi connectivity index (χ3n) is 7.71. The molecule has 208 valence electrons. The standard InChI is InChI=1S/C30H28ClF2N3O4/c31-22-3-6-28(25(33)13-22)40-17-21-11-18(1-4-24(21)32)20-7-9-35(14-20)16-29-34-26-5-2-19(30(37)38)12-27(26)36(29)15-23-8-10-39-23/h1-6,11-13,20,23H,7-10,14-17H2,(H,37,38)/t20-,23-/m0/s1. The second-order valence-electron chi connectivity index (χ2n) is 10.4. The first-order valence-electron chi connectivity index (χ1n) is 13.3. The van der Waals surface area contributed by atoms with Crippen molar-refractivity contribution in [2.24, 2.45) is 0 Å². The van der Waals surface area contributed by atoms with Crippen LogP contribution < -0.4 is 4.74 Å².